The van der Waals surface area contributed by atoms with Crippen LogP contribution in [0.3, 0.4) is 0 Å². The predicted molar refractivity (Wildman–Crippen MR) is 120 cm³/mol. The fourth-order valence-corrected chi connectivity index (χ4v) is 4.21. The summed E-state index contributed by atoms with van der Waals surface area (Å²) < 4.78 is 19.8. The molecule has 1 fully saturated rings. The van der Waals surface area contributed by atoms with Gasteiger partial charge in [0.2, 0.25) is 5.91 Å². The molecule has 1 aliphatic heterocycles. The van der Waals surface area contributed by atoms with Crippen LogP contribution in [-0.4, -0.2) is 69.4 Å². The Hall–Kier alpha value is -2.35. The number of likely N-dealkylation sites (tertiary alicyclic amines) is 1. The van der Waals surface area contributed by atoms with Gasteiger partial charge in [-0.15, -0.1) is 0 Å². The first kappa shape index (κ1) is 25.9. The summed E-state index contributed by atoms with van der Waals surface area (Å²) in [6.07, 6.45) is 1.04. The van der Waals surface area contributed by atoms with Gasteiger partial charge in [-0.1, -0.05) is 13.8 Å². The van der Waals surface area contributed by atoms with Gasteiger partial charge >= 0.3 is 6.09 Å². The van der Waals surface area contributed by atoms with Gasteiger partial charge in [0, 0.05) is 38.1 Å². The van der Waals surface area contributed by atoms with Crippen LogP contribution < -0.4 is 4.74 Å². The summed E-state index contributed by atoms with van der Waals surface area (Å²) in [5.74, 6) is -0.0805. The number of aliphatic hydroxyl groups excluding tert-OH is 1. The zero-order chi connectivity index (χ0) is 24.1. The van der Waals surface area contributed by atoms with Gasteiger partial charge < -0.3 is 19.8 Å². The number of piperidine rings is 1. The Bertz CT molecular complexity index is 785. The quantitative estimate of drug-likeness (QED) is 0.624. The number of ether oxygens (including phenoxy) is 1. The van der Waals surface area contributed by atoms with Crippen molar-refractivity contribution in [2.45, 2.75) is 78.0 Å². The lowest BCUT2D eigenvalue weighted by molar-refractivity contribution is -0.141. The molecule has 1 aliphatic rings. The number of carbonyl (C=O) groups is 2. The van der Waals surface area contributed by atoms with Crippen molar-refractivity contribution >= 4 is 12.0 Å². The van der Waals surface area contributed by atoms with E-state index in [1.807, 2.05) is 13.8 Å². The van der Waals surface area contributed by atoms with Crippen molar-refractivity contribution in [1.82, 2.24) is 9.80 Å². The van der Waals surface area contributed by atoms with Crippen molar-refractivity contribution in [3.05, 3.63) is 29.6 Å². The number of aryl methyl sites for hydroxylation is 1. The van der Waals surface area contributed by atoms with Crippen molar-refractivity contribution in [3.63, 3.8) is 0 Å². The van der Waals surface area contributed by atoms with E-state index in [1.165, 1.54) is 17.0 Å². The first-order valence-corrected chi connectivity index (χ1v) is 11.3. The molecular weight excluding hydrogens is 415 g/mol. The summed E-state index contributed by atoms with van der Waals surface area (Å²) in [7, 11) is 0. The summed E-state index contributed by atoms with van der Waals surface area (Å²) in [6, 6.07) is 3.65. The number of hydrogen-bond acceptors (Lipinski definition) is 4. The molecule has 2 N–H and O–H groups in total. The fraction of sp³-hybridized carbons (Fsp3) is 0.667. The molecule has 1 aromatic rings. The molecule has 0 spiro atoms. The van der Waals surface area contributed by atoms with Crippen LogP contribution in [0.5, 0.6) is 5.75 Å². The first-order chi connectivity index (χ1) is 15.0. The maximum absolute atomic E-state index is 13.6. The molecule has 180 valence electrons. The van der Waals surface area contributed by atoms with Crippen LogP contribution in [0, 0.1) is 11.7 Å². The van der Waals surface area contributed by atoms with E-state index in [0.29, 0.717) is 44.5 Å². The number of halogens is 1. The van der Waals surface area contributed by atoms with Crippen molar-refractivity contribution in [2.24, 2.45) is 5.92 Å². The smallest absolute Gasteiger partial charge is 0.408 e. The van der Waals surface area contributed by atoms with E-state index in [0.717, 1.165) is 5.56 Å². The molecule has 1 aromatic carbocycles. The lowest BCUT2D eigenvalue weighted by atomic mass is 9.94. The Morgan fingerprint density at radius 1 is 1.25 bits per heavy atom. The highest BCUT2D eigenvalue weighted by molar-refractivity contribution is 5.86. The third-order valence-corrected chi connectivity index (χ3v) is 5.77. The third-order valence-electron chi connectivity index (χ3n) is 5.77. The fourth-order valence-electron chi connectivity index (χ4n) is 4.21. The molecule has 0 aliphatic carbocycles. The van der Waals surface area contributed by atoms with Crippen LogP contribution in [0.15, 0.2) is 18.2 Å². The Morgan fingerprint density at radius 2 is 1.88 bits per heavy atom. The molecule has 2 amide bonds. The molecule has 0 radical (unpaired) electrons. The Labute approximate surface area is 190 Å². The number of aliphatic hydroxyl groups is 1. The van der Waals surface area contributed by atoms with Crippen LogP contribution >= 0.6 is 0 Å². The summed E-state index contributed by atoms with van der Waals surface area (Å²) in [5, 5.41) is 18.9. The number of hydrogen-bond donors (Lipinski definition) is 2. The molecule has 8 heteroatoms. The van der Waals surface area contributed by atoms with Gasteiger partial charge in [0.25, 0.3) is 0 Å². The molecule has 1 heterocycles. The SMILES string of the molecule is CC(C)[C@@H](C(=O)N1CCC(Oc2ccc(F)cc2CCCO)CC1)N(C(=O)O)C(C)(C)C. The van der Waals surface area contributed by atoms with Crippen LogP contribution in [0.4, 0.5) is 9.18 Å². The highest BCUT2D eigenvalue weighted by atomic mass is 19.1. The normalized spacial score (nSPS) is 16.2. The summed E-state index contributed by atoms with van der Waals surface area (Å²) >= 11 is 0. The molecule has 0 aromatic heterocycles. The van der Waals surface area contributed by atoms with Crippen molar-refractivity contribution in [2.75, 3.05) is 19.7 Å². The lowest BCUT2D eigenvalue weighted by Gasteiger charge is -2.43. The van der Waals surface area contributed by atoms with Crippen molar-refractivity contribution < 1.29 is 28.9 Å². The van der Waals surface area contributed by atoms with E-state index in [-0.39, 0.29) is 30.4 Å². The van der Waals surface area contributed by atoms with Gasteiger partial charge in [-0.25, -0.2) is 9.18 Å². The zero-order valence-electron chi connectivity index (χ0n) is 19.8. The molecule has 1 saturated heterocycles. The molecule has 0 unspecified atom stereocenters. The summed E-state index contributed by atoms with van der Waals surface area (Å²) in [5.41, 5.74) is 0.0190. The van der Waals surface area contributed by atoms with Gasteiger partial charge in [0.15, 0.2) is 0 Å². The highest BCUT2D eigenvalue weighted by Crippen LogP contribution is 2.28. The average Bonchev–Trinajstić information content (AvgIpc) is 2.70. The topological polar surface area (TPSA) is 90.3 Å². The standard InChI is InChI=1S/C24H37FN2O5/c1-16(2)21(27(23(30)31)24(3,4)5)22(29)26-12-10-19(11-13-26)32-20-9-8-18(25)15-17(20)7-6-14-28/h8-9,15-16,19,21,28H,6-7,10-14H2,1-5H3,(H,30,31)/t21-/m0/s1. The Balaban J connectivity index is 2.07. The maximum atomic E-state index is 13.6. The summed E-state index contributed by atoms with van der Waals surface area (Å²) in [6.45, 7) is 10.1. The maximum Gasteiger partial charge on any atom is 0.408 e. The Kier molecular flexibility index (Phi) is 8.89. The van der Waals surface area contributed by atoms with E-state index in [2.05, 4.69) is 0 Å². The minimum atomic E-state index is -1.10. The third kappa shape index (κ3) is 6.58. The van der Waals surface area contributed by atoms with Crippen LogP contribution in [0.2, 0.25) is 0 Å². The van der Waals surface area contributed by atoms with E-state index in [9.17, 15) is 19.1 Å². The van der Waals surface area contributed by atoms with Gasteiger partial charge in [-0.3, -0.25) is 9.69 Å². The second-order valence-electron chi connectivity index (χ2n) is 9.73. The van der Waals surface area contributed by atoms with E-state index in [1.54, 1.807) is 31.7 Å². The predicted octanol–water partition coefficient (Wildman–Crippen LogP) is 3.92. The zero-order valence-corrected chi connectivity index (χ0v) is 19.8. The number of carboxylic acid groups (broad SMARTS) is 1. The van der Waals surface area contributed by atoms with Gasteiger partial charge in [0.05, 0.1) is 0 Å². The minimum absolute atomic E-state index is 0.0232. The Morgan fingerprint density at radius 3 is 2.38 bits per heavy atom. The largest absolute Gasteiger partial charge is 0.490 e. The van der Waals surface area contributed by atoms with Gasteiger partial charge in [-0.05, 0) is 63.3 Å². The summed E-state index contributed by atoms with van der Waals surface area (Å²) in [4.78, 5) is 28.3. The lowest BCUT2D eigenvalue weighted by Crippen LogP contribution is -2.60. The number of carbonyl (C=O) groups excluding carboxylic acids is 1. The molecule has 2 rings (SSSR count). The number of amides is 2. The molecule has 32 heavy (non-hydrogen) atoms. The monoisotopic (exact) mass is 452 g/mol. The molecule has 7 nitrogen and oxygen atoms in total. The van der Waals surface area contributed by atoms with Gasteiger partial charge in [-0.2, -0.15) is 0 Å². The molecular formula is C24H37FN2O5. The highest BCUT2D eigenvalue weighted by Gasteiger charge is 2.41. The van der Waals surface area contributed by atoms with E-state index >= 15 is 0 Å². The second-order valence-corrected chi connectivity index (χ2v) is 9.73. The number of benzene rings is 1. The van der Waals surface area contributed by atoms with Crippen molar-refractivity contribution in [3.8, 4) is 5.75 Å². The van der Waals surface area contributed by atoms with Crippen LogP contribution in [0.1, 0.15) is 59.4 Å². The van der Waals surface area contributed by atoms with E-state index < -0.39 is 17.7 Å². The number of rotatable bonds is 8. The van der Waals surface area contributed by atoms with Crippen LogP contribution in [0.25, 0.3) is 0 Å². The molecule has 0 bridgehead atoms. The average molecular weight is 453 g/mol. The van der Waals surface area contributed by atoms with Gasteiger partial charge in [0.1, 0.15) is 23.7 Å². The van der Waals surface area contributed by atoms with E-state index in [4.69, 9.17) is 9.84 Å². The first-order valence-electron chi connectivity index (χ1n) is 11.3. The van der Waals surface area contributed by atoms with Crippen molar-refractivity contribution in [1.29, 1.82) is 0 Å². The minimum Gasteiger partial charge on any atom is -0.490 e. The molecule has 0 saturated carbocycles. The molecule has 1 atom stereocenters. The second kappa shape index (κ2) is 11.0. The number of nitrogens with zero attached hydrogens (tertiary/aromatic N) is 2. The van der Waals surface area contributed by atoms with Crippen LogP contribution in [-0.2, 0) is 11.2 Å².